The summed E-state index contributed by atoms with van der Waals surface area (Å²) in [5.41, 5.74) is 0.303. The molecule has 0 aliphatic rings. The molecule has 0 heterocycles. The van der Waals surface area contributed by atoms with Crippen molar-refractivity contribution in [2.24, 2.45) is 0 Å². The molecule has 0 aromatic carbocycles. The molecule has 0 saturated carbocycles. The van der Waals surface area contributed by atoms with Crippen LogP contribution in [0.2, 0.25) is 0 Å². The van der Waals surface area contributed by atoms with E-state index in [4.69, 9.17) is 0 Å². The number of rotatable bonds is 5. The van der Waals surface area contributed by atoms with Crippen molar-refractivity contribution in [3.05, 3.63) is 23.8 Å². The maximum absolute atomic E-state index is 11.2. The third kappa shape index (κ3) is 5.64. The molecule has 0 rings (SSSR count). The Bertz CT molecular complexity index is 281. The van der Waals surface area contributed by atoms with Gasteiger partial charge in [0.1, 0.15) is 0 Å². The lowest BCUT2D eigenvalue weighted by Crippen LogP contribution is -2.09. The molecule has 0 aliphatic heterocycles. The van der Waals surface area contributed by atoms with Crippen molar-refractivity contribution < 1.29 is 19.1 Å². The van der Waals surface area contributed by atoms with Crippen LogP contribution in [-0.2, 0) is 19.1 Å². The van der Waals surface area contributed by atoms with Gasteiger partial charge in [-0.2, -0.15) is 0 Å². The maximum Gasteiger partial charge on any atom is 0.337 e. The molecule has 0 bridgehead atoms. The number of esters is 2. The van der Waals surface area contributed by atoms with Crippen LogP contribution in [0.3, 0.4) is 0 Å². The van der Waals surface area contributed by atoms with Gasteiger partial charge in [-0.25, -0.2) is 9.59 Å². The molecule has 0 aliphatic carbocycles. The van der Waals surface area contributed by atoms with Crippen molar-refractivity contribution in [2.45, 2.75) is 0 Å². The number of ether oxygens (including phenoxy) is 2. The zero-order chi connectivity index (χ0) is 11.7. The monoisotopic (exact) mass is 213 g/mol. The van der Waals surface area contributed by atoms with Crippen LogP contribution in [0.25, 0.3) is 0 Å². The number of hydrogen-bond donors (Lipinski definition) is 1. The molecule has 84 valence electrons. The molecule has 0 aromatic rings. The van der Waals surface area contributed by atoms with Crippen LogP contribution in [0.1, 0.15) is 0 Å². The van der Waals surface area contributed by atoms with Crippen LogP contribution in [0.5, 0.6) is 0 Å². The minimum atomic E-state index is -0.519. The van der Waals surface area contributed by atoms with Crippen molar-refractivity contribution >= 4 is 11.9 Å². The van der Waals surface area contributed by atoms with Gasteiger partial charge in [0.05, 0.1) is 19.8 Å². The average molecular weight is 213 g/mol. The van der Waals surface area contributed by atoms with E-state index in [2.05, 4.69) is 14.8 Å². The number of nitrogens with one attached hydrogen (secondary N) is 1. The molecular formula is C10H15NO4. The van der Waals surface area contributed by atoms with Crippen molar-refractivity contribution in [3.8, 4) is 0 Å². The third-order valence-corrected chi connectivity index (χ3v) is 1.55. The zero-order valence-corrected chi connectivity index (χ0v) is 9.07. The van der Waals surface area contributed by atoms with E-state index in [0.717, 1.165) is 0 Å². The number of carbonyl (C=O) groups excluding carboxylic acids is 2. The highest BCUT2D eigenvalue weighted by molar-refractivity contribution is 5.93. The van der Waals surface area contributed by atoms with E-state index in [1.54, 1.807) is 13.1 Å². The van der Waals surface area contributed by atoms with E-state index in [1.165, 1.54) is 26.4 Å². The molecule has 5 heteroatoms. The average Bonchev–Trinajstić information content (AvgIpc) is 2.27. The quantitative estimate of drug-likeness (QED) is 0.396. The van der Waals surface area contributed by atoms with Gasteiger partial charge in [0.25, 0.3) is 0 Å². The molecule has 1 N–H and O–H groups in total. The highest BCUT2D eigenvalue weighted by Gasteiger charge is 2.05. The Morgan fingerprint density at radius 2 is 1.87 bits per heavy atom. The Morgan fingerprint density at radius 1 is 1.20 bits per heavy atom. The van der Waals surface area contributed by atoms with E-state index in [9.17, 15) is 9.59 Å². The van der Waals surface area contributed by atoms with Gasteiger partial charge in [-0.05, 0) is 13.1 Å². The highest BCUT2D eigenvalue weighted by atomic mass is 16.5. The first-order valence-electron chi connectivity index (χ1n) is 4.34. The second kappa shape index (κ2) is 7.75. The highest BCUT2D eigenvalue weighted by Crippen LogP contribution is 1.99. The lowest BCUT2D eigenvalue weighted by molar-refractivity contribution is -0.135. The van der Waals surface area contributed by atoms with Crippen molar-refractivity contribution in [1.82, 2.24) is 5.32 Å². The van der Waals surface area contributed by atoms with E-state index in [1.807, 2.05) is 0 Å². The Balaban J connectivity index is 4.58. The Hall–Kier alpha value is -1.62. The first kappa shape index (κ1) is 13.4. The van der Waals surface area contributed by atoms with E-state index in [0.29, 0.717) is 12.1 Å². The Morgan fingerprint density at radius 3 is 2.33 bits per heavy atom. The van der Waals surface area contributed by atoms with Gasteiger partial charge in [-0.1, -0.05) is 6.08 Å². The fourth-order valence-corrected chi connectivity index (χ4v) is 0.775. The summed E-state index contributed by atoms with van der Waals surface area (Å²) in [5.74, 6) is -1.01. The molecule has 0 radical (unpaired) electrons. The van der Waals surface area contributed by atoms with Crippen LogP contribution in [-0.4, -0.2) is 39.8 Å². The van der Waals surface area contributed by atoms with E-state index < -0.39 is 11.9 Å². The summed E-state index contributed by atoms with van der Waals surface area (Å²) >= 11 is 0. The minimum absolute atomic E-state index is 0.303. The van der Waals surface area contributed by atoms with Crippen molar-refractivity contribution in [2.75, 3.05) is 27.8 Å². The molecule has 15 heavy (non-hydrogen) atoms. The van der Waals surface area contributed by atoms with Gasteiger partial charge >= 0.3 is 11.9 Å². The SMILES string of the molecule is CNCC=C(C=CC(=O)OC)C(=O)OC. The fourth-order valence-electron chi connectivity index (χ4n) is 0.775. The number of methoxy groups -OCH3 is 2. The number of carbonyl (C=O) groups is 2. The number of likely N-dealkylation sites (N-methyl/N-ethyl adjacent to an activating group) is 1. The summed E-state index contributed by atoms with van der Waals surface area (Å²) in [6.07, 6.45) is 4.14. The van der Waals surface area contributed by atoms with E-state index in [-0.39, 0.29) is 0 Å². The molecular weight excluding hydrogens is 198 g/mol. The van der Waals surface area contributed by atoms with Crippen molar-refractivity contribution in [1.29, 1.82) is 0 Å². The minimum Gasteiger partial charge on any atom is -0.466 e. The van der Waals surface area contributed by atoms with Crippen LogP contribution < -0.4 is 5.32 Å². The summed E-state index contributed by atoms with van der Waals surface area (Å²) in [7, 11) is 4.29. The first-order valence-corrected chi connectivity index (χ1v) is 4.34. The van der Waals surface area contributed by atoms with Gasteiger partial charge < -0.3 is 14.8 Å². The summed E-state index contributed by atoms with van der Waals surface area (Å²) in [5, 5.41) is 2.84. The first-order chi connectivity index (χ1) is 7.15. The summed E-state index contributed by atoms with van der Waals surface area (Å²) in [6, 6.07) is 0. The van der Waals surface area contributed by atoms with Gasteiger partial charge in [0, 0.05) is 12.6 Å². The molecule has 0 spiro atoms. The molecule has 0 amide bonds. The van der Waals surface area contributed by atoms with Crippen LogP contribution in [0.15, 0.2) is 23.8 Å². The Kier molecular flexibility index (Phi) is 6.92. The lowest BCUT2D eigenvalue weighted by Gasteiger charge is -1.99. The van der Waals surface area contributed by atoms with Crippen molar-refractivity contribution in [3.63, 3.8) is 0 Å². The second-order valence-corrected chi connectivity index (χ2v) is 2.57. The third-order valence-electron chi connectivity index (χ3n) is 1.55. The summed E-state index contributed by atoms with van der Waals surface area (Å²) < 4.78 is 8.93. The lowest BCUT2D eigenvalue weighted by atomic mass is 10.2. The zero-order valence-electron chi connectivity index (χ0n) is 9.07. The largest absolute Gasteiger partial charge is 0.466 e. The topological polar surface area (TPSA) is 64.6 Å². The van der Waals surface area contributed by atoms with Crippen LogP contribution in [0, 0.1) is 0 Å². The van der Waals surface area contributed by atoms with Gasteiger partial charge in [0.2, 0.25) is 0 Å². The normalized spacial score (nSPS) is 11.5. The standard InChI is InChI=1S/C10H15NO4/c1-11-7-6-8(10(13)15-3)4-5-9(12)14-2/h4-6,11H,7H2,1-3H3. The fraction of sp³-hybridized carbons (Fsp3) is 0.400. The Labute approximate surface area is 88.7 Å². The molecule has 0 fully saturated rings. The maximum atomic E-state index is 11.2. The molecule has 0 saturated heterocycles. The predicted molar refractivity (Wildman–Crippen MR) is 55.2 cm³/mol. The van der Waals surface area contributed by atoms with Gasteiger partial charge in [-0.3, -0.25) is 0 Å². The molecule has 0 aromatic heterocycles. The van der Waals surface area contributed by atoms with E-state index >= 15 is 0 Å². The predicted octanol–water partition coefficient (Wildman–Crippen LogP) is 0.0344. The van der Waals surface area contributed by atoms with Gasteiger partial charge in [-0.15, -0.1) is 0 Å². The van der Waals surface area contributed by atoms with Crippen LogP contribution in [0.4, 0.5) is 0 Å². The smallest absolute Gasteiger partial charge is 0.337 e. The molecule has 0 atom stereocenters. The number of hydrogen-bond acceptors (Lipinski definition) is 5. The molecule has 5 nitrogen and oxygen atoms in total. The van der Waals surface area contributed by atoms with Crippen LogP contribution >= 0.6 is 0 Å². The van der Waals surface area contributed by atoms with Gasteiger partial charge in [0.15, 0.2) is 0 Å². The summed E-state index contributed by atoms with van der Waals surface area (Å²) in [4.78, 5) is 22.0. The summed E-state index contributed by atoms with van der Waals surface area (Å²) in [6.45, 7) is 0.510. The second-order valence-electron chi connectivity index (χ2n) is 2.57. The molecule has 0 unspecified atom stereocenters.